The van der Waals surface area contributed by atoms with Gasteiger partial charge in [-0.3, -0.25) is 4.79 Å². The van der Waals surface area contributed by atoms with Crippen LogP contribution in [0.5, 0.6) is 0 Å². The fourth-order valence-electron chi connectivity index (χ4n) is 4.50. The Morgan fingerprint density at radius 3 is 2.73 bits per heavy atom. The van der Waals surface area contributed by atoms with Crippen LogP contribution in [0, 0.1) is 12.8 Å². The Bertz CT molecular complexity index is 802. The van der Waals surface area contributed by atoms with Crippen LogP contribution >= 0.6 is 0 Å². The zero-order valence-corrected chi connectivity index (χ0v) is 16.0. The van der Waals surface area contributed by atoms with Crippen molar-refractivity contribution < 1.29 is 17.9 Å². The molecule has 4 rings (SSSR count). The lowest BCUT2D eigenvalue weighted by Crippen LogP contribution is -2.66. The first-order chi connectivity index (χ1) is 12.4. The highest BCUT2D eigenvalue weighted by Gasteiger charge is 2.56. The number of hydrogen-bond acceptors (Lipinski definition) is 4. The van der Waals surface area contributed by atoms with Crippen LogP contribution in [-0.2, 0) is 19.6 Å². The van der Waals surface area contributed by atoms with E-state index in [9.17, 15) is 13.2 Å². The summed E-state index contributed by atoms with van der Waals surface area (Å²) in [6.07, 6.45) is 3.45. The van der Waals surface area contributed by atoms with Crippen molar-refractivity contribution in [1.82, 2.24) is 9.21 Å². The molecule has 0 unspecified atom stereocenters. The van der Waals surface area contributed by atoms with Gasteiger partial charge in [-0.05, 0) is 43.7 Å². The molecule has 1 amide bonds. The van der Waals surface area contributed by atoms with E-state index in [-0.39, 0.29) is 11.5 Å². The lowest BCUT2D eigenvalue weighted by atomic mass is 9.80. The number of aryl methyl sites for hydroxylation is 1. The second-order valence-corrected chi connectivity index (χ2v) is 9.62. The van der Waals surface area contributed by atoms with E-state index in [0.717, 1.165) is 37.9 Å². The van der Waals surface area contributed by atoms with E-state index < -0.39 is 10.0 Å². The van der Waals surface area contributed by atoms with Gasteiger partial charge in [-0.2, -0.15) is 4.31 Å². The number of hydrogen-bond donors (Lipinski definition) is 0. The Hall–Kier alpha value is -1.44. The number of amides is 1. The van der Waals surface area contributed by atoms with Crippen LogP contribution in [0.3, 0.4) is 0 Å². The first-order valence-electron chi connectivity index (χ1n) is 9.40. The van der Waals surface area contributed by atoms with Crippen molar-refractivity contribution in [2.45, 2.75) is 43.1 Å². The Labute approximate surface area is 155 Å². The van der Waals surface area contributed by atoms with Crippen LogP contribution < -0.4 is 0 Å². The molecule has 3 heterocycles. The molecule has 3 aliphatic rings. The van der Waals surface area contributed by atoms with E-state index in [0.29, 0.717) is 36.9 Å². The first-order valence-corrected chi connectivity index (χ1v) is 10.8. The van der Waals surface area contributed by atoms with Crippen LogP contribution in [0.25, 0.3) is 0 Å². The molecule has 142 valence electrons. The average Bonchev–Trinajstić information content (AvgIpc) is 3.17. The van der Waals surface area contributed by atoms with Crippen LogP contribution in [0.15, 0.2) is 29.2 Å². The predicted molar refractivity (Wildman–Crippen MR) is 97.2 cm³/mol. The molecule has 3 fully saturated rings. The summed E-state index contributed by atoms with van der Waals surface area (Å²) in [5.41, 5.74) is 0.406. The van der Waals surface area contributed by atoms with Crippen LogP contribution in [0.4, 0.5) is 0 Å². The molecule has 26 heavy (non-hydrogen) atoms. The molecule has 3 saturated heterocycles. The van der Waals surface area contributed by atoms with Gasteiger partial charge in [-0.1, -0.05) is 18.2 Å². The van der Waals surface area contributed by atoms with Gasteiger partial charge in [0.15, 0.2) is 0 Å². The predicted octanol–water partition coefficient (Wildman–Crippen LogP) is 1.79. The fraction of sp³-hybridized carbons (Fsp3) is 0.632. The zero-order chi connectivity index (χ0) is 18.4. The molecular formula is C19H26N2O4S. The Kier molecular flexibility index (Phi) is 4.57. The minimum atomic E-state index is -3.47. The lowest BCUT2D eigenvalue weighted by molar-refractivity contribution is -0.128. The van der Waals surface area contributed by atoms with E-state index in [1.165, 1.54) is 4.31 Å². The first kappa shape index (κ1) is 17.9. The maximum Gasteiger partial charge on any atom is 0.243 e. The molecule has 1 atom stereocenters. The number of ether oxygens (including phenoxy) is 1. The maximum atomic E-state index is 12.9. The minimum Gasteiger partial charge on any atom is -0.372 e. The maximum absolute atomic E-state index is 12.9. The molecule has 0 radical (unpaired) electrons. The Balaban J connectivity index is 1.42. The fourth-order valence-corrected chi connectivity index (χ4v) is 6.28. The third kappa shape index (κ3) is 2.96. The average molecular weight is 378 g/mol. The molecule has 7 heteroatoms. The number of nitrogens with zero attached hydrogens (tertiary/aromatic N) is 2. The van der Waals surface area contributed by atoms with Crippen molar-refractivity contribution in [2.75, 3.05) is 32.8 Å². The highest BCUT2D eigenvalue weighted by atomic mass is 32.2. The van der Waals surface area contributed by atoms with Gasteiger partial charge in [-0.15, -0.1) is 0 Å². The number of likely N-dealkylation sites (tertiary alicyclic amines) is 1. The van der Waals surface area contributed by atoms with E-state index in [1.807, 2.05) is 24.0 Å². The summed E-state index contributed by atoms with van der Waals surface area (Å²) in [6, 6.07) is 7.10. The van der Waals surface area contributed by atoms with Crippen LogP contribution in [0.2, 0.25) is 0 Å². The van der Waals surface area contributed by atoms with Gasteiger partial charge < -0.3 is 9.64 Å². The number of benzene rings is 1. The largest absolute Gasteiger partial charge is 0.372 e. The van der Waals surface area contributed by atoms with E-state index in [2.05, 4.69) is 0 Å². The van der Waals surface area contributed by atoms with Crippen LogP contribution in [0.1, 0.15) is 31.2 Å². The van der Waals surface area contributed by atoms with Crippen molar-refractivity contribution in [2.24, 2.45) is 5.92 Å². The summed E-state index contributed by atoms with van der Waals surface area (Å²) in [5.74, 6) is 0.564. The minimum absolute atomic E-state index is 0.246. The van der Waals surface area contributed by atoms with Crippen molar-refractivity contribution in [3.8, 4) is 0 Å². The second-order valence-electron chi connectivity index (χ2n) is 7.71. The van der Waals surface area contributed by atoms with E-state index in [4.69, 9.17) is 4.74 Å². The van der Waals surface area contributed by atoms with Gasteiger partial charge in [-0.25, -0.2) is 8.42 Å². The second kappa shape index (κ2) is 6.62. The summed E-state index contributed by atoms with van der Waals surface area (Å²) in [5, 5.41) is 0. The highest BCUT2D eigenvalue weighted by Crippen LogP contribution is 2.44. The molecule has 0 N–H and O–H groups in total. The van der Waals surface area contributed by atoms with Gasteiger partial charge in [0.2, 0.25) is 15.9 Å². The monoisotopic (exact) mass is 378 g/mol. The zero-order valence-electron chi connectivity index (χ0n) is 15.2. The van der Waals surface area contributed by atoms with Gasteiger partial charge in [0.05, 0.1) is 10.5 Å². The summed E-state index contributed by atoms with van der Waals surface area (Å²) in [4.78, 5) is 14.1. The molecular weight excluding hydrogens is 352 g/mol. The number of rotatable bonds is 5. The van der Waals surface area contributed by atoms with Gasteiger partial charge in [0, 0.05) is 39.2 Å². The number of sulfonamides is 1. The van der Waals surface area contributed by atoms with E-state index >= 15 is 0 Å². The molecule has 3 aliphatic heterocycles. The topological polar surface area (TPSA) is 66.9 Å². The molecule has 6 nitrogen and oxygen atoms in total. The molecule has 1 aromatic rings. The number of carbonyl (C=O) groups is 1. The Morgan fingerprint density at radius 1 is 1.27 bits per heavy atom. The van der Waals surface area contributed by atoms with Crippen molar-refractivity contribution in [3.05, 3.63) is 29.8 Å². The molecule has 1 aromatic carbocycles. The van der Waals surface area contributed by atoms with Crippen molar-refractivity contribution in [3.63, 3.8) is 0 Å². The number of carbonyl (C=O) groups excluding carboxylic acids is 1. The Morgan fingerprint density at radius 2 is 2.04 bits per heavy atom. The van der Waals surface area contributed by atoms with Crippen molar-refractivity contribution >= 4 is 15.9 Å². The van der Waals surface area contributed by atoms with Gasteiger partial charge >= 0.3 is 0 Å². The third-order valence-corrected chi connectivity index (χ3v) is 8.07. The quantitative estimate of drug-likeness (QED) is 0.783. The summed E-state index contributed by atoms with van der Waals surface area (Å²) >= 11 is 0. The van der Waals surface area contributed by atoms with Gasteiger partial charge in [0.25, 0.3) is 0 Å². The van der Waals surface area contributed by atoms with E-state index in [1.54, 1.807) is 12.1 Å². The van der Waals surface area contributed by atoms with Crippen LogP contribution in [-0.4, -0.2) is 61.9 Å². The molecule has 0 saturated carbocycles. The molecule has 1 spiro atoms. The molecule has 0 aliphatic carbocycles. The molecule has 0 bridgehead atoms. The smallest absolute Gasteiger partial charge is 0.243 e. The summed E-state index contributed by atoms with van der Waals surface area (Å²) in [6.45, 7) is 4.96. The SMILES string of the molecule is Cc1ccccc1S(=O)(=O)N1CC2(C1)OCC[C@@H]2CCN1CCCC1=O. The van der Waals surface area contributed by atoms with Gasteiger partial charge in [0.1, 0.15) is 0 Å². The summed E-state index contributed by atoms with van der Waals surface area (Å²) in [7, 11) is -3.47. The van der Waals surface area contributed by atoms with Crippen molar-refractivity contribution in [1.29, 1.82) is 0 Å². The normalized spacial score (nSPS) is 25.8. The molecule has 0 aromatic heterocycles. The third-order valence-electron chi connectivity index (χ3n) is 6.12. The highest BCUT2D eigenvalue weighted by molar-refractivity contribution is 7.89. The lowest BCUT2D eigenvalue weighted by Gasteiger charge is -2.49. The summed E-state index contributed by atoms with van der Waals surface area (Å²) < 4.78 is 33.4. The standard InChI is InChI=1S/C19H26N2O4S/c1-15-5-2-3-6-17(15)26(23,24)21-13-19(14-21)16(9-12-25-19)8-11-20-10-4-7-18(20)22/h2-3,5-6,16H,4,7-14H2,1H3/t16-/m0/s1.